The quantitative estimate of drug-likeness (QED) is 0.822. The van der Waals surface area contributed by atoms with E-state index in [-0.39, 0.29) is 11.9 Å². The number of rotatable bonds is 4. The van der Waals surface area contributed by atoms with Crippen LogP contribution in [0.3, 0.4) is 0 Å². The predicted octanol–water partition coefficient (Wildman–Crippen LogP) is 0.738. The average molecular weight is 330 g/mol. The third-order valence-corrected chi connectivity index (χ3v) is 4.94. The van der Waals surface area contributed by atoms with Crippen LogP contribution in [0.15, 0.2) is 16.8 Å². The fraction of sp³-hybridized carbons (Fsp3) is 0.625. The van der Waals surface area contributed by atoms with Crippen molar-refractivity contribution >= 4 is 5.91 Å². The highest BCUT2D eigenvalue weighted by atomic mass is 16.5. The monoisotopic (exact) mass is 330 g/mol. The van der Waals surface area contributed by atoms with E-state index in [9.17, 15) is 4.79 Å². The molecule has 8 heteroatoms. The molecule has 2 aliphatic rings. The van der Waals surface area contributed by atoms with Crippen LogP contribution in [0, 0.1) is 0 Å². The molecule has 1 aliphatic carbocycles. The summed E-state index contributed by atoms with van der Waals surface area (Å²) < 4.78 is 7.22. The molecule has 1 aliphatic heterocycles. The van der Waals surface area contributed by atoms with Gasteiger partial charge in [0.15, 0.2) is 5.82 Å². The maximum Gasteiger partial charge on any atom is 0.245 e. The van der Waals surface area contributed by atoms with E-state index in [4.69, 9.17) is 4.52 Å². The summed E-state index contributed by atoms with van der Waals surface area (Å²) in [5.41, 5.74) is 0.921. The molecular weight excluding hydrogens is 308 g/mol. The number of piperazine rings is 1. The summed E-state index contributed by atoms with van der Waals surface area (Å²) in [6.07, 6.45) is 4.38. The molecule has 0 spiro atoms. The molecule has 0 bridgehead atoms. The normalized spacial score (nSPS) is 22.1. The Bertz CT molecular complexity index is 735. The van der Waals surface area contributed by atoms with Crippen molar-refractivity contribution in [3.8, 4) is 0 Å². The maximum absolute atomic E-state index is 12.6. The Morgan fingerprint density at radius 2 is 2.17 bits per heavy atom. The molecule has 2 aromatic heterocycles. The summed E-state index contributed by atoms with van der Waals surface area (Å²) in [6, 6.07) is 1.85. The summed E-state index contributed by atoms with van der Waals surface area (Å²) in [7, 11) is 3.89. The number of aromatic nitrogens is 4. The number of likely N-dealkylation sites (N-methyl/N-ethyl adjacent to an activating group) is 1. The summed E-state index contributed by atoms with van der Waals surface area (Å²) in [5, 5.41) is 8.22. The number of carbonyl (C=O) groups excluding carboxylic acids is 1. The molecule has 0 aromatic carbocycles. The molecular formula is C16H22N6O2. The molecule has 128 valence electrons. The molecule has 1 amide bonds. The first-order valence-corrected chi connectivity index (χ1v) is 8.40. The standard InChI is InChI=1S/C16H22N6O2/c1-20-7-8-22(14(23)9-12-5-6-17-21(12)2)10-13(20)16-18-15(19-24-16)11-3-4-11/h5-6,11,13H,3-4,7-10H2,1-2H3/t13-/m1/s1. The highest BCUT2D eigenvalue weighted by molar-refractivity contribution is 5.78. The van der Waals surface area contributed by atoms with Gasteiger partial charge in [0.05, 0.1) is 6.42 Å². The average Bonchev–Trinajstić information content (AvgIpc) is 3.18. The molecule has 3 heterocycles. The van der Waals surface area contributed by atoms with Crippen LogP contribution in [-0.4, -0.2) is 62.3 Å². The van der Waals surface area contributed by atoms with Crippen molar-refractivity contribution in [1.82, 2.24) is 29.7 Å². The zero-order valence-corrected chi connectivity index (χ0v) is 14.1. The predicted molar refractivity (Wildman–Crippen MR) is 85.1 cm³/mol. The molecule has 2 fully saturated rings. The smallest absolute Gasteiger partial charge is 0.245 e. The highest BCUT2D eigenvalue weighted by Gasteiger charge is 2.35. The van der Waals surface area contributed by atoms with Crippen LogP contribution in [0.5, 0.6) is 0 Å². The molecule has 1 saturated heterocycles. The first-order chi connectivity index (χ1) is 11.6. The zero-order chi connectivity index (χ0) is 16.7. The second kappa shape index (κ2) is 6.01. The first kappa shape index (κ1) is 15.3. The highest BCUT2D eigenvalue weighted by Crippen LogP contribution is 2.38. The number of aryl methyl sites for hydroxylation is 1. The van der Waals surface area contributed by atoms with Crippen molar-refractivity contribution in [3.63, 3.8) is 0 Å². The Morgan fingerprint density at radius 3 is 2.88 bits per heavy atom. The Balaban J connectivity index is 1.45. The minimum absolute atomic E-state index is 0.0331. The number of amides is 1. The van der Waals surface area contributed by atoms with Crippen LogP contribution < -0.4 is 0 Å². The van der Waals surface area contributed by atoms with Crippen LogP contribution >= 0.6 is 0 Å². The van der Waals surface area contributed by atoms with Gasteiger partial charge in [-0.25, -0.2) is 0 Å². The molecule has 8 nitrogen and oxygen atoms in total. The minimum Gasteiger partial charge on any atom is -0.339 e. The fourth-order valence-electron chi connectivity index (χ4n) is 3.10. The molecule has 0 N–H and O–H groups in total. The Labute approximate surface area is 140 Å². The van der Waals surface area contributed by atoms with Gasteiger partial charge in [0.25, 0.3) is 0 Å². The molecule has 1 saturated carbocycles. The first-order valence-electron chi connectivity index (χ1n) is 8.40. The summed E-state index contributed by atoms with van der Waals surface area (Å²) in [4.78, 5) is 21.2. The van der Waals surface area contributed by atoms with Crippen molar-refractivity contribution in [1.29, 1.82) is 0 Å². The lowest BCUT2D eigenvalue weighted by Gasteiger charge is -2.37. The second-order valence-corrected chi connectivity index (χ2v) is 6.72. The van der Waals surface area contributed by atoms with E-state index in [1.54, 1.807) is 10.9 Å². The maximum atomic E-state index is 12.6. The lowest BCUT2D eigenvalue weighted by molar-refractivity contribution is -0.133. The van der Waals surface area contributed by atoms with E-state index in [2.05, 4.69) is 20.1 Å². The van der Waals surface area contributed by atoms with Gasteiger partial charge < -0.3 is 9.42 Å². The van der Waals surface area contributed by atoms with E-state index in [0.717, 1.165) is 30.9 Å². The molecule has 0 radical (unpaired) electrons. The van der Waals surface area contributed by atoms with Gasteiger partial charge in [0, 0.05) is 44.5 Å². The van der Waals surface area contributed by atoms with Gasteiger partial charge in [-0.1, -0.05) is 5.16 Å². The lowest BCUT2D eigenvalue weighted by atomic mass is 10.1. The van der Waals surface area contributed by atoms with Crippen LogP contribution in [0.2, 0.25) is 0 Å². The van der Waals surface area contributed by atoms with Gasteiger partial charge in [-0.2, -0.15) is 10.1 Å². The lowest BCUT2D eigenvalue weighted by Crippen LogP contribution is -2.49. The SMILES string of the molecule is CN1CCN(C(=O)Cc2ccnn2C)C[C@@H]1c1nc(C2CC2)no1. The summed E-state index contributed by atoms with van der Waals surface area (Å²) in [5.74, 6) is 2.02. The van der Waals surface area contributed by atoms with Crippen LogP contribution in [-0.2, 0) is 18.3 Å². The van der Waals surface area contributed by atoms with E-state index in [1.165, 1.54) is 0 Å². The third kappa shape index (κ3) is 2.93. The number of hydrogen-bond acceptors (Lipinski definition) is 6. The van der Waals surface area contributed by atoms with Gasteiger partial charge >= 0.3 is 0 Å². The molecule has 0 unspecified atom stereocenters. The molecule has 2 aromatic rings. The van der Waals surface area contributed by atoms with E-state index >= 15 is 0 Å². The molecule has 24 heavy (non-hydrogen) atoms. The zero-order valence-electron chi connectivity index (χ0n) is 14.1. The largest absolute Gasteiger partial charge is 0.339 e. The van der Waals surface area contributed by atoms with E-state index < -0.39 is 0 Å². The van der Waals surface area contributed by atoms with Crippen molar-refractivity contribution < 1.29 is 9.32 Å². The Morgan fingerprint density at radius 1 is 1.33 bits per heavy atom. The van der Waals surface area contributed by atoms with E-state index in [0.29, 0.717) is 31.3 Å². The van der Waals surface area contributed by atoms with Crippen LogP contribution in [0.1, 0.15) is 42.2 Å². The van der Waals surface area contributed by atoms with Crippen molar-refractivity contribution in [2.24, 2.45) is 7.05 Å². The topological polar surface area (TPSA) is 80.3 Å². The van der Waals surface area contributed by atoms with Crippen molar-refractivity contribution in [3.05, 3.63) is 29.7 Å². The van der Waals surface area contributed by atoms with Crippen LogP contribution in [0.25, 0.3) is 0 Å². The molecule has 1 atom stereocenters. The minimum atomic E-state index is -0.0331. The van der Waals surface area contributed by atoms with Crippen LogP contribution in [0.4, 0.5) is 0 Å². The number of carbonyl (C=O) groups is 1. The number of nitrogens with zero attached hydrogens (tertiary/aromatic N) is 6. The summed E-state index contributed by atoms with van der Waals surface area (Å²) >= 11 is 0. The van der Waals surface area contributed by atoms with Gasteiger partial charge in [-0.3, -0.25) is 14.4 Å². The third-order valence-electron chi connectivity index (χ3n) is 4.94. The Kier molecular flexibility index (Phi) is 3.84. The van der Waals surface area contributed by atoms with Gasteiger partial charge in [-0.05, 0) is 26.0 Å². The second-order valence-electron chi connectivity index (χ2n) is 6.72. The summed E-state index contributed by atoms with van der Waals surface area (Å²) in [6.45, 7) is 2.09. The van der Waals surface area contributed by atoms with Gasteiger partial charge in [0.2, 0.25) is 11.8 Å². The van der Waals surface area contributed by atoms with Gasteiger partial charge in [0.1, 0.15) is 6.04 Å². The van der Waals surface area contributed by atoms with E-state index in [1.807, 2.05) is 25.1 Å². The van der Waals surface area contributed by atoms with Crippen molar-refractivity contribution in [2.45, 2.75) is 31.2 Å². The number of hydrogen-bond donors (Lipinski definition) is 0. The fourth-order valence-corrected chi connectivity index (χ4v) is 3.10. The van der Waals surface area contributed by atoms with Crippen molar-refractivity contribution in [2.75, 3.05) is 26.7 Å². The Hall–Kier alpha value is -2.22. The molecule has 4 rings (SSSR count). The van der Waals surface area contributed by atoms with Gasteiger partial charge in [-0.15, -0.1) is 0 Å².